The van der Waals surface area contributed by atoms with Crippen LogP contribution in [0.5, 0.6) is 0 Å². The summed E-state index contributed by atoms with van der Waals surface area (Å²) in [5, 5.41) is 7.64. The second-order valence-electron chi connectivity index (χ2n) is 4.76. The van der Waals surface area contributed by atoms with Gasteiger partial charge in [-0.3, -0.25) is 4.90 Å². The standard InChI is InChI=1S/C12H23N5/c1-3-6-17-12(14-10-15-17)9-16-7-4-5-11(8-16)13-2/h10-11,13H,3-9H2,1-2H3. The summed E-state index contributed by atoms with van der Waals surface area (Å²) in [5.41, 5.74) is 0. The van der Waals surface area contributed by atoms with Crippen LogP contribution < -0.4 is 5.32 Å². The Hall–Kier alpha value is -0.940. The summed E-state index contributed by atoms with van der Waals surface area (Å²) in [6.07, 6.45) is 5.34. The summed E-state index contributed by atoms with van der Waals surface area (Å²) < 4.78 is 2.03. The van der Waals surface area contributed by atoms with E-state index in [-0.39, 0.29) is 0 Å². The third-order valence-corrected chi connectivity index (χ3v) is 3.41. The molecule has 1 aromatic rings. The molecule has 0 spiro atoms. The van der Waals surface area contributed by atoms with Gasteiger partial charge in [0.1, 0.15) is 12.2 Å². The van der Waals surface area contributed by atoms with Crippen LogP contribution in [0.4, 0.5) is 0 Å². The van der Waals surface area contributed by atoms with Crippen LogP contribution in [-0.4, -0.2) is 45.8 Å². The summed E-state index contributed by atoms with van der Waals surface area (Å²) in [4.78, 5) is 6.84. The summed E-state index contributed by atoms with van der Waals surface area (Å²) in [7, 11) is 2.05. The lowest BCUT2D eigenvalue weighted by molar-refractivity contribution is 0.181. The van der Waals surface area contributed by atoms with Gasteiger partial charge in [0.05, 0.1) is 6.54 Å². The first-order valence-electron chi connectivity index (χ1n) is 6.59. The van der Waals surface area contributed by atoms with Crippen LogP contribution in [-0.2, 0) is 13.1 Å². The van der Waals surface area contributed by atoms with Crippen molar-refractivity contribution < 1.29 is 0 Å². The summed E-state index contributed by atoms with van der Waals surface area (Å²) >= 11 is 0. The molecule has 5 heteroatoms. The fourth-order valence-corrected chi connectivity index (χ4v) is 2.44. The summed E-state index contributed by atoms with van der Waals surface area (Å²) in [6.45, 7) is 6.37. The van der Waals surface area contributed by atoms with Gasteiger partial charge in [0, 0.05) is 19.1 Å². The molecule has 17 heavy (non-hydrogen) atoms. The minimum Gasteiger partial charge on any atom is -0.316 e. The Kier molecular flexibility index (Phi) is 4.50. The molecule has 1 aliphatic heterocycles. The minimum atomic E-state index is 0.631. The molecule has 96 valence electrons. The fourth-order valence-electron chi connectivity index (χ4n) is 2.44. The van der Waals surface area contributed by atoms with Gasteiger partial charge in [0.15, 0.2) is 0 Å². The van der Waals surface area contributed by atoms with E-state index in [4.69, 9.17) is 0 Å². The molecule has 1 unspecified atom stereocenters. The van der Waals surface area contributed by atoms with Crippen molar-refractivity contribution in [3.05, 3.63) is 12.2 Å². The molecular weight excluding hydrogens is 214 g/mol. The lowest BCUT2D eigenvalue weighted by Gasteiger charge is -2.32. The van der Waals surface area contributed by atoms with Crippen molar-refractivity contribution in [3.8, 4) is 0 Å². The highest BCUT2D eigenvalue weighted by Crippen LogP contribution is 2.12. The number of piperidine rings is 1. The lowest BCUT2D eigenvalue weighted by Crippen LogP contribution is -2.44. The second kappa shape index (κ2) is 6.12. The smallest absolute Gasteiger partial charge is 0.141 e. The van der Waals surface area contributed by atoms with E-state index >= 15 is 0 Å². The molecule has 0 amide bonds. The van der Waals surface area contributed by atoms with E-state index in [9.17, 15) is 0 Å². The molecule has 1 aliphatic rings. The van der Waals surface area contributed by atoms with E-state index in [1.54, 1.807) is 6.33 Å². The zero-order chi connectivity index (χ0) is 12.1. The monoisotopic (exact) mass is 237 g/mol. The predicted molar refractivity (Wildman–Crippen MR) is 67.7 cm³/mol. The maximum atomic E-state index is 4.37. The van der Waals surface area contributed by atoms with Gasteiger partial charge < -0.3 is 5.32 Å². The zero-order valence-electron chi connectivity index (χ0n) is 10.9. The van der Waals surface area contributed by atoms with Gasteiger partial charge in [0.2, 0.25) is 0 Å². The van der Waals surface area contributed by atoms with Crippen molar-refractivity contribution in [1.82, 2.24) is 25.0 Å². The highest BCUT2D eigenvalue weighted by molar-refractivity contribution is 4.87. The maximum Gasteiger partial charge on any atom is 0.141 e. The normalized spacial score (nSPS) is 21.9. The molecule has 1 fully saturated rings. The molecule has 1 atom stereocenters. The Balaban J connectivity index is 1.93. The molecule has 1 N–H and O–H groups in total. The van der Waals surface area contributed by atoms with Gasteiger partial charge >= 0.3 is 0 Å². The molecule has 5 nitrogen and oxygen atoms in total. The van der Waals surface area contributed by atoms with Crippen molar-refractivity contribution >= 4 is 0 Å². The van der Waals surface area contributed by atoms with Crippen molar-refractivity contribution in [2.24, 2.45) is 0 Å². The Labute approximate surface area is 103 Å². The first-order chi connectivity index (χ1) is 8.33. The van der Waals surface area contributed by atoms with E-state index in [2.05, 4.69) is 27.2 Å². The number of likely N-dealkylation sites (tertiary alicyclic amines) is 1. The number of rotatable bonds is 5. The topological polar surface area (TPSA) is 46.0 Å². The average molecular weight is 237 g/mol. The Morgan fingerprint density at radius 3 is 3.18 bits per heavy atom. The predicted octanol–water partition coefficient (Wildman–Crippen LogP) is 0.872. The van der Waals surface area contributed by atoms with Crippen LogP contribution in [0, 0.1) is 0 Å². The van der Waals surface area contributed by atoms with Crippen molar-refractivity contribution in [3.63, 3.8) is 0 Å². The molecule has 0 aliphatic carbocycles. The number of hydrogen-bond acceptors (Lipinski definition) is 4. The van der Waals surface area contributed by atoms with E-state index in [1.165, 1.54) is 19.4 Å². The van der Waals surface area contributed by atoms with E-state index in [0.717, 1.165) is 31.9 Å². The van der Waals surface area contributed by atoms with Crippen LogP contribution in [0.2, 0.25) is 0 Å². The highest BCUT2D eigenvalue weighted by Gasteiger charge is 2.19. The Morgan fingerprint density at radius 1 is 1.53 bits per heavy atom. The summed E-state index contributed by atoms with van der Waals surface area (Å²) in [6, 6.07) is 0.631. The Bertz CT molecular complexity index is 335. The van der Waals surface area contributed by atoms with Gasteiger partial charge in [-0.15, -0.1) is 0 Å². The molecule has 2 heterocycles. The van der Waals surface area contributed by atoms with Gasteiger partial charge in [-0.2, -0.15) is 5.10 Å². The third kappa shape index (κ3) is 3.26. The van der Waals surface area contributed by atoms with Crippen LogP contribution in [0.3, 0.4) is 0 Å². The number of nitrogens with zero attached hydrogens (tertiary/aromatic N) is 4. The van der Waals surface area contributed by atoms with Crippen LogP contribution in [0.1, 0.15) is 32.0 Å². The Morgan fingerprint density at radius 2 is 2.41 bits per heavy atom. The van der Waals surface area contributed by atoms with Gasteiger partial charge in [-0.1, -0.05) is 6.92 Å². The quantitative estimate of drug-likeness (QED) is 0.825. The van der Waals surface area contributed by atoms with Gasteiger partial charge in [0.25, 0.3) is 0 Å². The number of hydrogen-bond donors (Lipinski definition) is 1. The number of aromatic nitrogens is 3. The van der Waals surface area contributed by atoms with Gasteiger partial charge in [-0.05, 0) is 32.9 Å². The number of likely N-dealkylation sites (N-methyl/N-ethyl adjacent to an activating group) is 1. The maximum absolute atomic E-state index is 4.37. The largest absolute Gasteiger partial charge is 0.316 e. The van der Waals surface area contributed by atoms with Crippen molar-refractivity contribution in [1.29, 1.82) is 0 Å². The minimum absolute atomic E-state index is 0.631. The molecule has 1 aromatic heterocycles. The molecule has 2 rings (SSSR count). The van der Waals surface area contributed by atoms with Crippen molar-refractivity contribution in [2.45, 2.75) is 45.3 Å². The van der Waals surface area contributed by atoms with Crippen LogP contribution in [0.15, 0.2) is 6.33 Å². The first-order valence-corrected chi connectivity index (χ1v) is 6.59. The average Bonchev–Trinajstić information content (AvgIpc) is 2.78. The molecule has 0 aromatic carbocycles. The van der Waals surface area contributed by atoms with E-state index < -0.39 is 0 Å². The highest BCUT2D eigenvalue weighted by atomic mass is 15.3. The van der Waals surface area contributed by atoms with Gasteiger partial charge in [-0.25, -0.2) is 9.67 Å². The SMILES string of the molecule is CCCn1ncnc1CN1CCCC(NC)C1. The first kappa shape index (κ1) is 12.5. The van der Waals surface area contributed by atoms with E-state index in [1.807, 2.05) is 11.7 Å². The number of nitrogens with one attached hydrogen (secondary N) is 1. The van der Waals surface area contributed by atoms with Crippen LogP contribution in [0.25, 0.3) is 0 Å². The molecule has 0 radical (unpaired) electrons. The molecule has 0 saturated carbocycles. The van der Waals surface area contributed by atoms with Crippen molar-refractivity contribution in [2.75, 3.05) is 20.1 Å². The zero-order valence-corrected chi connectivity index (χ0v) is 10.9. The molecule has 0 bridgehead atoms. The summed E-state index contributed by atoms with van der Waals surface area (Å²) in [5.74, 6) is 1.10. The van der Waals surface area contributed by atoms with E-state index in [0.29, 0.717) is 6.04 Å². The second-order valence-corrected chi connectivity index (χ2v) is 4.76. The fraction of sp³-hybridized carbons (Fsp3) is 0.833. The molecular formula is C12H23N5. The third-order valence-electron chi connectivity index (χ3n) is 3.41. The van der Waals surface area contributed by atoms with Crippen LogP contribution >= 0.6 is 0 Å². The number of aryl methyl sites for hydroxylation is 1. The lowest BCUT2D eigenvalue weighted by atomic mass is 10.1. The molecule has 1 saturated heterocycles.